The minimum atomic E-state index is -1.64. The average molecular weight is 404 g/mol. The number of carbonyl (C=O) groups excluding carboxylic acids is 5. The van der Waals surface area contributed by atoms with Crippen molar-refractivity contribution < 1.29 is 39.0 Å². The van der Waals surface area contributed by atoms with Crippen molar-refractivity contribution in [1.82, 2.24) is 16.0 Å². The van der Waals surface area contributed by atoms with Gasteiger partial charge >= 0.3 is 5.97 Å². The fourth-order valence-electron chi connectivity index (χ4n) is 1.84. The molecular weight excluding hydrogens is 380 g/mol. The van der Waals surface area contributed by atoms with Crippen molar-refractivity contribution in [3.8, 4) is 0 Å². The zero-order chi connectivity index (χ0) is 21.9. The summed E-state index contributed by atoms with van der Waals surface area (Å²) in [6.07, 6.45) is -0.836. The second kappa shape index (κ2) is 12.2. The Kier molecular flexibility index (Phi) is 10.8. The molecule has 3 atom stereocenters. The maximum atomic E-state index is 11.9. The number of carboxylic acids is 1. The molecule has 0 aliphatic rings. The Balaban J connectivity index is 4.59. The predicted molar refractivity (Wildman–Crippen MR) is 91.8 cm³/mol. The monoisotopic (exact) mass is 404 g/mol. The summed E-state index contributed by atoms with van der Waals surface area (Å²) >= 11 is 0. The van der Waals surface area contributed by atoms with Crippen LogP contribution in [0.15, 0.2) is 0 Å². The Morgan fingerprint density at radius 2 is 1.50 bits per heavy atom. The van der Waals surface area contributed by atoms with Crippen molar-refractivity contribution in [2.45, 2.75) is 37.4 Å². The lowest BCUT2D eigenvalue weighted by Crippen LogP contribution is -2.55. The van der Waals surface area contributed by atoms with Gasteiger partial charge in [-0.15, -0.1) is 0 Å². The van der Waals surface area contributed by atoms with E-state index in [-0.39, 0.29) is 12.8 Å². The summed E-state index contributed by atoms with van der Waals surface area (Å²) in [7, 11) is 0. The van der Waals surface area contributed by atoms with E-state index >= 15 is 0 Å². The zero-order valence-corrected chi connectivity index (χ0v) is 14.8. The molecule has 158 valence electrons. The number of amides is 5. The van der Waals surface area contributed by atoms with Gasteiger partial charge in [0.2, 0.25) is 29.5 Å². The highest BCUT2D eigenvalue weighted by molar-refractivity contribution is 5.93. The molecule has 0 saturated heterocycles. The molecule has 0 saturated carbocycles. The maximum Gasteiger partial charge on any atom is 0.326 e. The van der Waals surface area contributed by atoms with E-state index in [0.717, 1.165) is 0 Å². The molecule has 28 heavy (non-hydrogen) atoms. The fourth-order valence-corrected chi connectivity index (χ4v) is 1.84. The van der Waals surface area contributed by atoms with Crippen LogP contribution >= 0.6 is 0 Å². The van der Waals surface area contributed by atoms with Gasteiger partial charge in [0.1, 0.15) is 12.1 Å². The third kappa shape index (κ3) is 10.0. The van der Waals surface area contributed by atoms with Gasteiger partial charge in [0.15, 0.2) is 0 Å². The highest BCUT2D eigenvalue weighted by atomic mass is 16.4. The van der Waals surface area contributed by atoms with Gasteiger partial charge in [-0.1, -0.05) is 0 Å². The van der Waals surface area contributed by atoms with Gasteiger partial charge in [-0.2, -0.15) is 0 Å². The highest BCUT2D eigenvalue weighted by Gasteiger charge is 2.27. The molecule has 14 nitrogen and oxygen atoms in total. The summed E-state index contributed by atoms with van der Waals surface area (Å²) < 4.78 is 0. The van der Waals surface area contributed by atoms with Crippen LogP contribution in [0.4, 0.5) is 0 Å². The summed E-state index contributed by atoms with van der Waals surface area (Å²) in [5.41, 5.74) is 15.3. The number of hydrogen-bond acceptors (Lipinski definition) is 8. The number of nitrogens with one attached hydrogen (secondary N) is 3. The molecule has 0 aromatic heterocycles. The first-order valence-corrected chi connectivity index (χ1v) is 8.01. The van der Waals surface area contributed by atoms with Crippen molar-refractivity contribution in [2.75, 3.05) is 13.2 Å². The summed E-state index contributed by atoms with van der Waals surface area (Å²) in [5.74, 6) is -5.86. The van der Waals surface area contributed by atoms with Gasteiger partial charge in [0, 0.05) is 6.42 Å². The van der Waals surface area contributed by atoms with Crippen LogP contribution in [0.2, 0.25) is 0 Å². The van der Waals surface area contributed by atoms with Crippen LogP contribution in [0, 0.1) is 0 Å². The number of hydrogen-bond donors (Lipinski definition) is 8. The average Bonchev–Trinajstić information content (AvgIpc) is 2.60. The summed E-state index contributed by atoms with van der Waals surface area (Å²) in [4.78, 5) is 67.8. The molecule has 0 radical (unpaired) electrons. The largest absolute Gasteiger partial charge is 0.480 e. The minimum Gasteiger partial charge on any atom is -0.480 e. The molecule has 0 aliphatic heterocycles. The van der Waals surface area contributed by atoms with E-state index in [0.29, 0.717) is 0 Å². The Hall–Kier alpha value is -3.26. The van der Waals surface area contributed by atoms with E-state index in [1.165, 1.54) is 0 Å². The van der Waals surface area contributed by atoms with Crippen LogP contribution < -0.4 is 33.2 Å². The van der Waals surface area contributed by atoms with Gasteiger partial charge in [-0.3, -0.25) is 24.0 Å². The van der Waals surface area contributed by atoms with Gasteiger partial charge in [0.05, 0.1) is 25.6 Å². The number of carboxylic acid groups (broad SMARTS) is 1. The molecular formula is C14H24N6O8. The SMILES string of the molecule is NC(=O)CCC(N)C(=O)NCC(=O)NC(CO)C(=O)NC(CC(N)=O)C(=O)O. The second-order valence-corrected chi connectivity index (χ2v) is 5.70. The quantitative estimate of drug-likeness (QED) is 0.145. The molecule has 0 spiro atoms. The molecule has 0 aromatic rings. The van der Waals surface area contributed by atoms with Gasteiger partial charge < -0.3 is 43.4 Å². The Morgan fingerprint density at radius 1 is 0.893 bits per heavy atom. The third-order valence-electron chi connectivity index (χ3n) is 3.32. The molecule has 0 bridgehead atoms. The first kappa shape index (κ1) is 24.7. The van der Waals surface area contributed by atoms with E-state index < -0.39 is 73.2 Å². The molecule has 0 heterocycles. The van der Waals surface area contributed by atoms with Crippen LogP contribution in [0.3, 0.4) is 0 Å². The van der Waals surface area contributed by atoms with Crippen molar-refractivity contribution >= 4 is 35.5 Å². The number of aliphatic carboxylic acids is 1. The number of carbonyl (C=O) groups is 6. The molecule has 11 N–H and O–H groups in total. The van der Waals surface area contributed by atoms with Crippen molar-refractivity contribution in [1.29, 1.82) is 0 Å². The Labute approximate surface area is 159 Å². The van der Waals surface area contributed by atoms with E-state index in [2.05, 4.69) is 10.6 Å². The zero-order valence-electron chi connectivity index (χ0n) is 14.8. The Morgan fingerprint density at radius 3 is 1.96 bits per heavy atom. The minimum absolute atomic E-state index is 0.0269. The van der Waals surface area contributed by atoms with Gasteiger partial charge in [0.25, 0.3) is 0 Å². The topological polar surface area (TPSA) is 257 Å². The normalized spacial score (nSPS) is 13.5. The van der Waals surface area contributed by atoms with Crippen LogP contribution in [-0.2, 0) is 28.8 Å². The standard InChI is InChI=1S/C14H24N6O8/c15-6(1-2-9(16)22)12(25)18-4-11(24)19-8(5-21)13(26)20-7(14(27)28)3-10(17)23/h6-8,21H,1-5,15H2,(H2,16,22)(H2,17,23)(H,18,25)(H,19,24)(H,20,26)(H,27,28). The highest BCUT2D eigenvalue weighted by Crippen LogP contribution is 1.95. The summed E-state index contributed by atoms with van der Waals surface area (Å²) in [6.45, 7) is -1.48. The van der Waals surface area contributed by atoms with Crippen LogP contribution in [0.25, 0.3) is 0 Å². The number of rotatable bonds is 13. The predicted octanol–water partition coefficient (Wildman–Crippen LogP) is -5.38. The van der Waals surface area contributed by atoms with Crippen molar-refractivity contribution in [2.24, 2.45) is 17.2 Å². The molecule has 0 fully saturated rings. The van der Waals surface area contributed by atoms with Crippen molar-refractivity contribution in [3.63, 3.8) is 0 Å². The van der Waals surface area contributed by atoms with Crippen LogP contribution in [0.1, 0.15) is 19.3 Å². The second-order valence-electron chi connectivity index (χ2n) is 5.70. The smallest absolute Gasteiger partial charge is 0.326 e. The fraction of sp³-hybridized carbons (Fsp3) is 0.571. The van der Waals surface area contributed by atoms with Gasteiger partial charge in [-0.25, -0.2) is 4.79 Å². The number of aliphatic hydroxyl groups excluding tert-OH is 1. The molecule has 14 heteroatoms. The lowest BCUT2D eigenvalue weighted by molar-refractivity contribution is -0.144. The third-order valence-corrected chi connectivity index (χ3v) is 3.32. The first-order chi connectivity index (χ1) is 13.0. The van der Waals surface area contributed by atoms with Crippen LogP contribution in [-0.4, -0.2) is 77.0 Å². The van der Waals surface area contributed by atoms with Crippen LogP contribution in [0.5, 0.6) is 0 Å². The van der Waals surface area contributed by atoms with E-state index in [4.69, 9.17) is 22.3 Å². The molecule has 0 aliphatic carbocycles. The van der Waals surface area contributed by atoms with Crippen molar-refractivity contribution in [3.05, 3.63) is 0 Å². The molecule has 3 unspecified atom stereocenters. The molecule has 5 amide bonds. The first-order valence-electron chi connectivity index (χ1n) is 8.01. The lowest BCUT2D eigenvalue weighted by atomic mass is 10.1. The molecule has 0 rings (SSSR count). The van der Waals surface area contributed by atoms with Gasteiger partial charge in [-0.05, 0) is 6.42 Å². The number of aliphatic hydroxyl groups is 1. The van der Waals surface area contributed by atoms with E-state index in [9.17, 15) is 33.9 Å². The number of primary amides is 2. The van der Waals surface area contributed by atoms with E-state index in [1.807, 2.05) is 5.32 Å². The number of nitrogens with two attached hydrogens (primary N) is 3. The summed E-state index contributed by atoms with van der Waals surface area (Å²) in [6, 6.07) is -4.26. The lowest BCUT2D eigenvalue weighted by Gasteiger charge is -2.19. The van der Waals surface area contributed by atoms with E-state index in [1.54, 1.807) is 0 Å². The molecule has 0 aromatic carbocycles. The summed E-state index contributed by atoms with van der Waals surface area (Å²) in [5, 5.41) is 24.3. The maximum absolute atomic E-state index is 11.9. The Bertz CT molecular complexity index is 625.